The summed E-state index contributed by atoms with van der Waals surface area (Å²) in [6.45, 7) is 3.89. The minimum Gasteiger partial charge on any atom is -0.489 e. The standard InChI is InChI=1S/C24H24FNO5S/c1-4-26(32(28,29)22-14-5-17(2)23(15-22)24(27)30-3)20-10-12-21(13-11-20)31-16-18-6-8-19(25)9-7-18/h5-15H,4,16H2,1-3H3. The molecule has 0 fully saturated rings. The van der Waals surface area contributed by atoms with Gasteiger partial charge in [-0.1, -0.05) is 18.2 Å². The van der Waals surface area contributed by atoms with Crippen molar-refractivity contribution in [1.29, 1.82) is 0 Å². The fourth-order valence-corrected chi connectivity index (χ4v) is 4.67. The van der Waals surface area contributed by atoms with E-state index in [4.69, 9.17) is 9.47 Å². The molecule has 0 radical (unpaired) electrons. The van der Waals surface area contributed by atoms with Gasteiger partial charge in [-0.2, -0.15) is 0 Å². The first-order chi connectivity index (χ1) is 15.3. The van der Waals surface area contributed by atoms with Crippen LogP contribution in [0.3, 0.4) is 0 Å². The van der Waals surface area contributed by atoms with Crippen molar-refractivity contribution in [2.45, 2.75) is 25.3 Å². The van der Waals surface area contributed by atoms with E-state index < -0.39 is 16.0 Å². The van der Waals surface area contributed by atoms with Gasteiger partial charge in [-0.05, 0) is 73.5 Å². The molecule has 0 saturated heterocycles. The summed E-state index contributed by atoms with van der Waals surface area (Å²) in [6.07, 6.45) is 0. The predicted molar refractivity (Wildman–Crippen MR) is 120 cm³/mol. The molecule has 0 spiro atoms. The molecule has 168 valence electrons. The SMILES string of the molecule is CCN(c1ccc(OCc2ccc(F)cc2)cc1)S(=O)(=O)c1ccc(C)c(C(=O)OC)c1. The molecule has 3 rings (SSSR count). The number of halogens is 1. The second kappa shape index (κ2) is 9.82. The molecule has 0 aromatic heterocycles. The van der Waals surface area contributed by atoms with Crippen molar-refractivity contribution >= 4 is 21.7 Å². The maximum atomic E-state index is 13.3. The molecular weight excluding hydrogens is 433 g/mol. The minimum absolute atomic E-state index is 0.00184. The Bertz CT molecular complexity index is 1190. The normalized spacial score (nSPS) is 11.1. The lowest BCUT2D eigenvalue weighted by molar-refractivity contribution is 0.0599. The molecule has 8 heteroatoms. The minimum atomic E-state index is -3.91. The number of benzene rings is 3. The highest BCUT2D eigenvalue weighted by molar-refractivity contribution is 7.92. The van der Waals surface area contributed by atoms with Crippen LogP contribution in [0.5, 0.6) is 5.75 Å². The van der Waals surface area contributed by atoms with E-state index in [0.717, 1.165) is 5.56 Å². The average Bonchev–Trinajstić information content (AvgIpc) is 2.79. The molecule has 0 heterocycles. The summed E-state index contributed by atoms with van der Waals surface area (Å²) in [5.74, 6) is -0.355. The van der Waals surface area contributed by atoms with Crippen LogP contribution in [-0.2, 0) is 21.4 Å². The van der Waals surface area contributed by atoms with Crippen LogP contribution in [0.15, 0.2) is 71.6 Å². The van der Waals surface area contributed by atoms with Crippen molar-refractivity contribution in [2.75, 3.05) is 18.0 Å². The lowest BCUT2D eigenvalue weighted by Gasteiger charge is -2.23. The molecule has 0 amide bonds. The van der Waals surface area contributed by atoms with Gasteiger partial charge < -0.3 is 9.47 Å². The number of hydrogen-bond donors (Lipinski definition) is 0. The number of aryl methyl sites for hydroxylation is 1. The summed E-state index contributed by atoms with van der Waals surface area (Å²) < 4.78 is 51.3. The molecule has 0 aliphatic carbocycles. The molecule has 0 bridgehead atoms. The first-order valence-corrected chi connectivity index (χ1v) is 11.4. The monoisotopic (exact) mass is 457 g/mol. The van der Waals surface area contributed by atoms with Gasteiger partial charge in [0.1, 0.15) is 18.2 Å². The zero-order valence-corrected chi connectivity index (χ0v) is 18.9. The van der Waals surface area contributed by atoms with E-state index in [0.29, 0.717) is 17.0 Å². The van der Waals surface area contributed by atoms with Gasteiger partial charge in [0.15, 0.2) is 0 Å². The van der Waals surface area contributed by atoms with E-state index in [1.807, 2.05) is 0 Å². The van der Waals surface area contributed by atoms with E-state index >= 15 is 0 Å². The highest BCUT2D eigenvalue weighted by Gasteiger charge is 2.25. The number of anilines is 1. The quantitative estimate of drug-likeness (QED) is 0.458. The highest BCUT2D eigenvalue weighted by atomic mass is 32.2. The Kier molecular flexibility index (Phi) is 7.15. The Morgan fingerprint density at radius 1 is 1.00 bits per heavy atom. The number of hydrogen-bond acceptors (Lipinski definition) is 5. The van der Waals surface area contributed by atoms with Crippen LogP contribution < -0.4 is 9.04 Å². The Balaban J connectivity index is 1.81. The molecule has 0 saturated carbocycles. The first-order valence-electron chi connectivity index (χ1n) is 9.95. The van der Waals surface area contributed by atoms with Gasteiger partial charge in [-0.15, -0.1) is 0 Å². The van der Waals surface area contributed by atoms with Crippen LogP contribution in [0.4, 0.5) is 10.1 Å². The lowest BCUT2D eigenvalue weighted by atomic mass is 10.1. The lowest BCUT2D eigenvalue weighted by Crippen LogP contribution is -2.31. The van der Waals surface area contributed by atoms with Gasteiger partial charge in [0.25, 0.3) is 10.0 Å². The summed E-state index contributed by atoms with van der Waals surface area (Å²) in [7, 11) is -2.66. The number of nitrogens with zero attached hydrogens (tertiary/aromatic N) is 1. The summed E-state index contributed by atoms with van der Waals surface area (Å²) in [4.78, 5) is 12.0. The van der Waals surface area contributed by atoms with Gasteiger partial charge in [0.05, 0.1) is 23.3 Å². The number of methoxy groups -OCH3 is 1. The molecule has 0 aliphatic heterocycles. The van der Waals surface area contributed by atoms with Crippen LogP contribution >= 0.6 is 0 Å². The highest BCUT2D eigenvalue weighted by Crippen LogP contribution is 2.27. The number of ether oxygens (including phenoxy) is 2. The number of esters is 1. The number of carbonyl (C=O) groups excluding carboxylic acids is 1. The van der Waals surface area contributed by atoms with E-state index in [-0.39, 0.29) is 29.4 Å². The first kappa shape index (κ1) is 23.3. The van der Waals surface area contributed by atoms with Crippen molar-refractivity contribution < 1.29 is 27.1 Å². The Morgan fingerprint density at radius 3 is 2.25 bits per heavy atom. The Hall–Kier alpha value is -3.39. The summed E-state index contributed by atoms with van der Waals surface area (Å²) in [6, 6.07) is 17.0. The number of carbonyl (C=O) groups is 1. The van der Waals surface area contributed by atoms with Crippen molar-refractivity contribution in [3.05, 3.63) is 89.2 Å². The Labute approximate surface area is 187 Å². The van der Waals surface area contributed by atoms with Crippen molar-refractivity contribution in [3.8, 4) is 5.75 Å². The van der Waals surface area contributed by atoms with E-state index in [9.17, 15) is 17.6 Å². The average molecular weight is 458 g/mol. The molecule has 6 nitrogen and oxygen atoms in total. The van der Waals surface area contributed by atoms with Crippen LogP contribution in [0.2, 0.25) is 0 Å². The largest absolute Gasteiger partial charge is 0.489 e. The third-order valence-corrected chi connectivity index (χ3v) is 6.83. The van der Waals surface area contributed by atoms with Crippen LogP contribution in [0.1, 0.15) is 28.4 Å². The summed E-state index contributed by atoms with van der Waals surface area (Å²) >= 11 is 0. The molecular formula is C24H24FNO5S. The van der Waals surface area contributed by atoms with Gasteiger partial charge >= 0.3 is 5.97 Å². The van der Waals surface area contributed by atoms with Gasteiger partial charge in [0, 0.05) is 6.54 Å². The summed E-state index contributed by atoms with van der Waals surface area (Å²) in [5.41, 5.74) is 2.10. The molecule has 32 heavy (non-hydrogen) atoms. The zero-order valence-electron chi connectivity index (χ0n) is 18.0. The third kappa shape index (κ3) is 5.08. The Morgan fingerprint density at radius 2 is 1.66 bits per heavy atom. The second-order valence-electron chi connectivity index (χ2n) is 7.05. The van der Waals surface area contributed by atoms with Crippen LogP contribution in [0.25, 0.3) is 0 Å². The fourth-order valence-electron chi connectivity index (χ4n) is 3.17. The van der Waals surface area contributed by atoms with Gasteiger partial charge in [-0.25, -0.2) is 17.6 Å². The molecule has 3 aromatic carbocycles. The molecule has 0 N–H and O–H groups in total. The smallest absolute Gasteiger partial charge is 0.338 e. The van der Waals surface area contributed by atoms with E-state index in [1.54, 1.807) is 56.3 Å². The fraction of sp³-hybridized carbons (Fsp3) is 0.208. The predicted octanol–water partition coefficient (Wildman–Crippen LogP) is 4.71. The molecule has 0 unspecified atom stereocenters. The number of rotatable bonds is 8. The van der Waals surface area contributed by atoms with Crippen molar-refractivity contribution in [3.63, 3.8) is 0 Å². The third-order valence-electron chi connectivity index (χ3n) is 4.93. The maximum absolute atomic E-state index is 13.3. The van der Waals surface area contributed by atoms with Gasteiger partial charge in [0.2, 0.25) is 0 Å². The summed E-state index contributed by atoms with van der Waals surface area (Å²) in [5, 5.41) is 0. The van der Waals surface area contributed by atoms with E-state index in [1.165, 1.54) is 35.7 Å². The topological polar surface area (TPSA) is 72.9 Å². The molecule has 3 aromatic rings. The molecule has 0 aliphatic rings. The molecule has 0 atom stereocenters. The van der Waals surface area contributed by atoms with Crippen LogP contribution in [0, 0.1) is 12.7 Å². The van der Waals surface area contributed by atoms with Crippen LogP contribution in [-0.4, -0.2) is 28.0 Å². The zero-order chi connectivity index (χ0) is 23.3. The van der Waals surface area contributed by atoms with Crippen molar-refractivity contribution in [1.82, 2.24) is 0 Å². The number of sulfonamides is 1. The van der Waals surface area contributed by atoms with E-state index in [2.05, 4.69) is 0 Å². The maximum Gasteiger partial charge on any atom is 0.338 e. The van der Waals surface area contributed by atoms with Crippen molar-refractivity contribution in [2.24, 2.45) is 0 Å². The second-order valence-corrected chi connectivity index (χ2v) is 8.91. The van der Waals surface area contributed by atoms with Gasteiger partial charge in [-0.3, -0.25) is 4.31 Å².